The van der Waals surface area contributed by atoms with Gasteiger partial charge in [0.25, 0.3) is 5.91 Å². The molecule has 0 saturated heterocycles. The summed E-state index contributed by atoms with van der Waals surface area (Å²) in [7, 11) is 0. The van der Waals surface area contributed by atoms with Crippen LogP contribution >= 0.6 is 0 Å². The number of nitriles is 1. The van der Waals surface area contributed by atoms with Crippen LogP contribution in [0.15, 0.2) is 53.6 Å². The zero-order valence-electron chi connectivity index (χ0n) is 16.5. The van der Waals surface area contributed by atoms with Gasteiger partial charge in [0.2, 0.25) is 5.43 Å². The maximum Gasteiger partial charge on any atom is 0.276 e. The lowest BCUT2D eigenvalue weighted by Gasteiger charge is -2.40. The molecule has 9 heteroatoms. The molecule has 4 rings (SSSR count). The first-order chi connectivity index (χ1) is 14.4. The van der Waals surface area contributed by atoms with Gasteiger partial charge in [-0.2, -0.15) is 15.5 Å². The molecule has 1 aromatic carbocycles. The third-order valence-electron chi connectivity index (χ3n) is 5.28. The highest BCUT2D eigenvalue weighted by Crippen LogP contribution is 2.36. The van der Waals surface area contributed by atoms with Gasteiger partial charge in [-0.25, -0.2) is 4.68 Å². The van der Waals surface area contributed by atoms with E-state index in [1.165, 1.54) is 4.68 Å². The summed E-state index contributed by atoms with van der Waals surface area (Å²) in [5.41, 5.74) is 0.306. The standard InChI is InChI=1S/C21H20N6O3/c1-13(2)25-12-16(27-19(21(25)30)20(29)17(28)11-23-27)18(14-6-4-3-5-7-14)26-9-8-15(10-22)24-26/h3-9,11,13,16,18,29H,12H2,1-2H3/t16?,18-/m1/s1. The van der Waals surface area contributed by atoms with Crippen molar-refractivity contribution in [3.05, 3.63) is 76.0 Å². The minimum atomic E-state index is -0.707. The first-order valence-corrected chi connectivity index (χ1v) is 9.54. The van der Waals surface area contributed by atoms with E-state index >= 15 is 0 Å². The first-order valence-electron chi connectivity index (χ1n) is 9.54. The zero-order chi connectivity index (χ0) is 21.4. The SMILES string of the molecule is CC(C)N1CC([C@@H](c2ccccc2)n2ccc(C#N)n2)n2ncc(=O)c(O)c2C1=O. The number of carbonyl (C=O) groups excluding carboxylic acids is 1. The van der Waals surface area contributed by atoms with Gasteiger partial charge >= 0.3 is 0 Å². The lowest BCUT2D eigenvalue weighted by Crippen LogP contribution is -2.50. The number of aromatic nitrogens is 4. The van der Waals surface area contributed by atoms with Crippen molar-refractivity contribution in [1.29, 1.82) is 5.26 Å². The van der Waals surface area contributed by atoms with Crippen molar-refractivity contribution >= 4 is 5.91 Å². The second-order valence-electron chi connectivity index (χ2n) is 7.42. The largest absolute Gasteiger partial charge is 0.502 e. The Morgan fingerprint density at radius 2 is 1.93 bits per heavy atom. The van der Waals surface area contributed by atoms with E-state index in [0.717, 1.165) is 11.8 Å². The van der Waals surface area contributed by atoms with Crippen molar-refractivity contribution in [1.82, 2.24) is 24.5 Å². The Hall–Kier alpha value is -3.93. The number of aromatic hydroxyl groups is 1. The second kappa shape index (κ2) is 7.48. The van der Waals surface area contributed by atoms with Crippen LogP contribution in [0.4, 0.5) is 0 Å². The van der Waals surface area contributed by atoms with Crippen molar-refractivity contribution in [3.8, 4) is 11.8 Å². The molecule has 2 aromatic heterocycles. The smallest absolute Gasteiger partial charge is 0.276 e. The number of nitrogens with zero attached hydrogens (tertiary/aromatic N) is 6. The molecule has 1 unspecified atom stereocenters. The summed E-state index contributed by atoms with van der Waals surface area (Å²) in [5, 5.41) is 28.2. The minimum absolute atomic E-state index is 0.138. The molecule has 9 nitrogen and oxygen atoms in total. The number of hydrogen-bond donors (Lipinski definition) is 1. The highest BCUT2D eigenvalue weighted by molar-refractivity contribution is 5.95. The summed E-state index contributed by atoms with van der Waals surface area (Å²) in [4.78, 5) is 26.6. The van der Waals surface area contributed by atoms with Crippen molar-refractivity contribution < 1.29 is 9.90 Å². The molecule has 2 atom stereocenters. The molecule has 1 N–H and O–H groups in total. The van der Waals surface area contributed by atoms with Crippen LogP contribution in [0, 0.1) is 11.3 Å². The van der Waals surface area contributed by atoms with Crippen molar-refractivity contribution in [3.63, 3.8) is 0 Å². The molecule has 0 saturated carbocycles. The maximum atomic E-state index is 13.0. The van der Waals surface area contributed by atoms with Crippen molar-refractivity contribution in [2.24, 2.45) is 0 Å². The number of amides is 1. The van der Waals surface area contributed by atoms with Gasteiger partial charge in [0, 0.05) is 18.8 Å². The number of rotatable bonds is 4. The Morgan fingerprint density at radius 1 is 1.20 bits per heavy atom. The fourth-order valence-corrected chi connectivity index (χ4v) is 3.84. The van der Waals surface area contributed by atoms with Crippen molar-refractivity contribution in [2.45, 2.75) is 32.0 Å². The third-order valence-corrected chi connectivity index (χ3v) is 5.28. The van der Waals surface area contributed by atoms with Gasteiger partial charge in [0.05, 0.1) is 12.2 Å². The summed E-state index contributed by atoms with van der Waals surface area (Å²) in [5.74, 6) is -1.07. The molecule has 1 aliphatic heterocycles. The molecule has 0 aliphatic carbocycles. The van der Waals surface area contributed by atoms with Gasteiger partial charge < -0.3 is 10.0 Å². The van der Waals surface area contributed by atoms with E-state index in [-0.39, 0.29) is 17.4 Å². The predicted molar refractivity (Wildman–Crippen MR) is 107 cm³/mol. The van der Waals surface area contributed by atoms with Crippen LogP contribution in [-0.2, 0) is 0 Å². The minimum Gasteiger partial charge on any atom is -0.502 e. The maximum absolute atomic E-state index is 13.0. The highest BCUT2D eigenvalue weighted by Gasteiger charge is 2.40. The van der Waals surface area contributed by atoms with E-state index < -0.39 is 29.2 Å². The van der Waals surface area contributed by atoms with E-state index in [9.17, 15) is 20.0 Å². The first kappa shape index (κ1) is 19.4. The van der Waals surface area contributed by atoms with E-state index in [4.69, 9.17) is 0 Å². The Labute approximate surface area is 172 Å². The fraction of sp³-hybridized carbons (Fsp3) is 0.286. The Balaban J connectivity index is 1.95. The molecule has 3 heterocycles. The van der Waals surface area contributed by atoms with Gasteiger partial charge in [0.15, 0.2) is 17.1 Å². The molecular weight excluding hydrogens is 384 g/mol. The summed E-state index contributed by atoms with van der Waals surface area (Å²) in [6.45, 7) is 4.03. The topological polar surface area (TPSA) is 117 Å². The summed E-state index contributed by atoms with van der Waals surface area (Å²) < 4.78 is 3.07. The number of fused-ring (bicyclic) bond motifs is 1. The number of benzene rings is 1. The van der Waals surface area contributed by atoms with Gasteiger partial charge in [-0.1, -0.05) is 30.3 Å². The summed E-state index contributed by atoms with van der Waals surface area (Å²) in [6, 6.07) is 12.1. The quantitative estimate of drug-likeness (QED) is 0.707. The van der Waals surface area contributed by atoms with Gasteiger partial charge in [0.1, 0.15) is 12.1 Å². The highest BCUT2D eigenvalue weighted by atomic mass is 16.3. The molecule has 1 amide bonds. The van der Waals surface area contributed by atoms with Crippen molar-refractivity contribution in [2.75, 3.05) is 6.54 Å². The molecule has 0 bridgehead atoms. The number of hydrogen-bond acceptors (Lipinski definition) is 6. The molecule has 152 valence electrons. The molecule has 0 radical (unpaired) electrons. The fourth-order valence-electron chi connectivity index (χ4n) is 3.84. The third kappa shape index (κ3) is 3.12. The second-order valence-corrected chi connectivity index (χ2v) is 7.42. The van der Waals surface area contributed by atoms with Crippen LogP contribution in [0.1, 0.15) is 47.7 Å². The van der Waals surface area contributed by atoms with Gasteiger partial charge in [-0.05, 0) is 25.5 Å². The van der Waals surface area contributed by atoms with E-state index in [1.54, 1.807) is 21.8 Å². The Morgan fingerprint density at radius 3 is 2.57 bits per heavy atom. The molecule has 1 aliphatic rings. The Kier molecular flexibility index (Phi) is 4.83. The molecule has 3 aromatic rings. The van der Waals surface area contributed by atoms with Crippen LogP contribution in [-0.4, -0.2) is 48.1 Å². The number of carbonyl (C=O) groups is 1. The lowest BCUT2D eigenvalue weighted by molar-refractivity contribution is 0.0547. The van der Waals surface area contributed by atoms with Crippen LogP contribution in [0.2, 0.25) is 0 Å². The van der Waals surface area contributed by atoms with Crippen LogP contribution in [0.25, 0.3) is 0 Å². The monoisotopic (exact) mass is 404 g/mol. The zero-order valence-corrected chi connectivity index (χ0v) is 16.5. The van der Waals surface area contributed by atoms with E-state index in [2.05, 4.69) is 10.2 Å². The summed E-state index contributed by atoms with van der Waals surface area (Å²) >= 11 is 0. The molecule has 0 spiro atoms. The normalized spacial score (nSPS) is 16.9. The van der Waals surface area contributed by atoms with Crippen LogP contribution in [0.3, 0.4) is 0 Å². The average molecular weight is 404 g/mol. The van der Waals surface area contributed by atoms with Gasteiger partial charge in [-0.15, -0.1) is 0 Å². The van der Waals surface area contributed by atoms with Gasteiger partial charge in [-0.3, -0.25) is 14.3 Å². The molecular formula is C21H20N6O3. The lowest BCUT2D eigenvalue weighted by atomic mass is 9.96. The summed E-state index contributed by atoms with van der Waals surface area (Å²) in [6.07, 6.45) is 2.71. The van der Waals surface area contributed by atoms with Crippen LogP contribution < -0.4 is 5.43 Å². The molecule has 30 heavy (non-hydrogen) atoms. The van der Waals surface area contributed by atoms with E-state index in [0.29, 0.717) is 6.54 Å². The average Bonchev–Trinajstić information content (AvgIpc) is 3.21. The predicted octanol–water partition coefficient (Wildman–Crippen LogP) is 1.71. The Bertz CT molecular complexity index is 1190. The van der Waals surface area contributed by atoms with E-state index in [1.807, 2.05) is 50.2 Å². The van der Waals surface area contributed by atoms with Crippen LogP contribution in [0.5, 0.6) is 5.75 Å². The molecule has 0 fully saturated rings.